The monoisotopic (exact) mass is 227 g/mol. The minimum atomic E-state index is -0.163. The molecular weight excluding hydrogens is 204 g/mol. The third-order valence-corrected chi connectivity index (χ3v) is 3.65. The first-order chi connectivity index (χ1) is 7.53. The molecule has 0 heterocycles. The topological polar surface area (TPSA) is 69.4 Å². The summed E-state index contributed by atoms with van der Waals surface area (Å²) in [4.78, 5) is 0. The van der Waals surface area contributed by atoms with Crippen molar-refractivity contribution in [3.63, 3.8) is 0 Å². The average molecular weight is 227 g/mol. The summed E-state index contributed by atoms with van der Waals surface area (Å²) in [6.45, 7) is 8.87. The zero-order valence-corrected chi connectivity index (χ0v) is 10.2. The second kappa shape index (κ2) is 5.46. The lowest BCUT2D eigenvalue weighted by Crippen LogP contribution is -2.99. The molecule has 0 saturated heterocycles. The molecule has 1 rings (SSSR count). The zero-order valence-electron chi connectivity index (χ0n) is 10.2. The Hall–Kier alpha value is -0.870. The summed E-state index contributed by atoms with van der Waals surface area (Å²) in [7, 11) is 0. The van der Waals surface area contributed by atoms with Crippen LogP contribution in [0.4, 0.5) is 0 Å². The van der Waals surface area contributed by atoms with Crippen LogP contribution in [0.2, 0.25) is 0 Å². The van der Waals surface area contributed by atoms with E-state index in [0.29, 0.717) is 12.5 Å². The van der Waals surface area contributed by atoms with Gasteiger partial charge in [0, 0.05) is 12.8 Å². The first-order valence-corrected chi connectivity index (χ1v) is 5.85. The van der Waals surface area contributed by atoms with Crippen LogP contribution < -0.4 is 5.32 Å². The van der Waals surface area contributed by atoms with Crippen molar-refractivity contribution in [3.8, 4) is 0 Å². The Morgan fingerprint density at radius 1 is 1.69 bits per heavy atom. The van der Waals surface area contributed by atoms with Gasteiger partial charge in [-0.1, -0.05) is 17.3 Å². The minimum absolute atomic E-state index is 0.151. The van der Waals surface area contributed by atoms with Crippen molar-refractivity contribution in [1.82, 2.24) is 0 Å². The molecule has 0 aromatic heterocycles. The lowest BCUT2D eigenvalue weighted by molar-refractivity contribution is -0.709. The number of nitrogens with zero attached hydrogens (tertiary/aromatic N) is 1. The summed E-state index contributed by atoms with van der Waals surface area (Å²) in [5.41, 5.74) is 1.81. The zero-order chi connectivity index (χ0) is 12.2. The van der Waals surface area contributed by atoms with Crippen molar-refractivity contribution in [1.29, 1.82) is 0 Å². The first-order valence-electron chi connectivity index (χ1n) is 5.85. The number of nitrogens with two attached hydrogens (primary N) is 1. The summed E-state index contributed by atoms with van der Waals surface area (Å²) < 4.78 is 0. The van der Waals surface area contributed by atoms with E-state index >= 15 is 0 Å². The highest BCUT2D eigenvalue weighted by atomic mass is 16.4. The second-order valence-electron chi connectivity index (χ2n) is 4.97. The third kappa shape index (κ3) is 2.83. The van der Waals surface area contributed by atoms with Crippen LogP contribution >= 0.6 is 0 Å². The van der Waals surface area contributed by atoms with Gasteiger partial charge in [0.2, 0.25) is 0 Å². The minimum Gasteiger partial charge on any atom is -0.411 e. The summed E-state index contributed by atoms with van der Waals surface area (Å²) in [6.07, 6.45) is 2.82. The molecule has 2 atom stereocenters. The van der Waals surface area contributed by atoms with Gasteiger partial charge in [0.25, 0.3) is 0 Å². The van der Waals surface area contributed by atoms with E-state index < -0.39 is 0 Å². The van der Waals surface area contributed by atoms with Gasteiger partial charge in [0.15, 0.2) is 0 Å². The van der Waals surface area contributed by atoms with E-state index in [1.54, 1.807) is 0 Å². The SMILES string of the molecule is C=C(C)[C@H]1CC[C@](C)([NH2+]CCO)/C(=N\O)C1. The van der Waals surface area contributed by atoms with E-state index in [-0.39, 0.29) is 12.1 Å². The Morgan fingerprint density at radius 2 is 2.38 bits per heavy atom. The number of hydrogen-bond donors (Lipinski definition) is 3. The fourth-order valence-electron chi connectivity index (χ4n) is 2.37. The van der Waals surface area contributed by atoms with Crippen molar-refractivity contribution in [2.75, 3.05) is 13.2 Å². The summed E-state index contributed by atoms with van der Waals surface area (Å²) >= 11 is 0. The molecule has 0 bridgehead atoms. The molecule has 4 N–H and O–H groups in total. The molecule has 0 aromatic rings. The normalized spacial score (nSPS) is 32.9. The highest BCUT2D eigenvalue weighted by Crippen LogP contribution is 2.31. The predicted octanol–water partition coefficient (Wildman–Crippen LogP) is 0.507. The molecule has 0 aliphatic heterocycles. The predicted molar refractivity (Wildman–Crippen MR) is 63.7 cm³/mol. The van der Waals surface area contributed by atoms with Gasteiger partial charge in [0.1, 0.15) is 11.3 Å². The van der Waals surface area contributed by atoms with Crippen LogP contribution in [0.25, 0.3) is 0 Å². The van der Waals surface area contributed by atoms with Crippen LogP contribution in [-0.2, 0) is 0 Å². The molecule has 4 heteroatoms. The van der Waals surface area contributed by atoms with Gasteiger partial charge >= 0.3 is 0 Å². The van der Waals surface area contributed by atoms with Crippen LogP contribution in [0, 0.1) is 5.92 Å². The number of aliphatic hydroxyl groups excluding tert-OH is 1. The van der Waals surface area contributed by atoms with E-state index in [2.05, 4.69) is 24.0 Å². The first kappa shape index (κ1) is 13.2. The summed E-state index contributed by atoms with van der Waals surface area (Å²) in [5.74, 6) is 0.432. The Kier molecular flexibility index (Phi) is 4.50. The van der Waals surface area contributed by atoms with E-state index in [1.165, 1.54) is 0 Å². The number of rotatable bonds is 4. The van der Waals surface area contributed by atoms with Gasteiger partial charge < -0.3 is 15.6 Å². The van der Waals surface area contributed by atoms with Gasteiger partial charge in [-0.3, -0.25) is 0 Å². The highest BCUT2D eigenvalue weighted by molar-refractivity contribution is 5.92. The maximum Gasteiger partial charge on any atom is 0.135 e. The standard InChI is InChI=1S/C12H22N2O2/c1-9(2)10-4-5-12(3,13-6-7-15)11(8-10)14-16/h10,13,15-16H,1,4-8H2,2-3H3/p+1/b14-11-/t10-,12-/m0/s1. The van der Waals surface area contributed by atoms with Crippen LogP contribution in [-0.4, -0.2) is 34.7 Å². The fraction of sp³-hybridized carbons (Fsp3) is 0.750. The molecule has 1 aliphatic carbocycles. The molecule has 92 valence electrons. The third-order valence-electron chi connectivity index (χ3n) is 3.65. The molecule has 0 aromatic carbocycles. The van der Waals surface area contributed by atoms with Crippen LogP contribution in [0.15, 0.2) is 17.3 Å². The molecule has 0 amide bonds. The molecule has 1 saturated carbocycles. The van der Waals surface area contributed by atoms with E-state index in [0.717, 1.165) is 30.5 Å². The summed E-state index contributed by atoms with van der Waals surface area (Å²) in [5, 5.41) is 23.5. The molecule has 0 unspecified atom stereocenters. The van der Waals surface area contributed by atoms with Gasteiger partial charge in [0.05, 0.1) is 13.2 Å². The van der Waals surface area contributed by atoms with Gasteiger partial charge in [-0.25, -0.2) is 0 Å². The molecule has 1 aliphatic rings. The molecule has 0 spiro atoms. The lowest BCUT2D eigenvalue weighted by atomic mass is 9.74. The second-order valence-corrected chi connectivity index (χ2v) is 4.97. The summed E-state index contributed by atoms with van der Waals surface area (Å²) in [6, 6.07) is 0. The van der Waals surface area contributed by atoms with Crippen molar-refractivity contribution in [3.05, 3.63) is 12.2 Å². The largest absolute Gasteiger partial charge is 0.411 e. The Labute approximate surface area is 97.0 Å². The Bertz CT molecular complexity index is 289. The number of hydrogen-bond acceptors (Lipinski definition) is 3. The van der Waals surface area contributed by atoms with Crippen LogP contribution in [0.5, 0.6) is 0 Å². The van der Waals surface area contributed by atoms with E-state index in [1.807, 2.05) is 6.92 Å². The maximum absolute atomic E-state index is 9.10. The molecule has 1 fully saturated rings. The maximum atomic E-state index is 9.10. The number of oxime groups is 1. The highest BCUT2D eigenvalue weighted by Gasteiger charge is 2.40. The van der Waals surface area contributed by atoms with Crippen LogP contribution in [0.1, 0.15) is 33.1 Å². The van der Waals surface area contributed by atoms with E-state index in [4.69, 9.17) is 10.3 Å². The number of quaternary nitrogens is 1. The van der Waals surface area contributed by atoms with Gasteiger partial charge in [-0.05, 0) is 26.2 Å². The van der Waals surface area contributed by atoms with Crippen LogP contribution in [0.3, 0.4) is 0 Å². The molecule has 0 radical (unpaired) electrons. The molecular formula is C12H23N2O2+. The average Bonchev–Trinajstić information content (AvgIpc) is 2.26. The number of allylic oxidation sites excluding steroid dienone is 1. The van der Waals surface area contributed by atoms with Gasteiger partial charge in [-0.2, -0.15) is 0 Å². The number of aliphatic hydroxyl groups is 1. The Morgan fingerprint density at radius 3 is 2.88 bits per heavy atom. The lowest BCUT2D eigenvalue weighted by Gasteiger charge is -2.36. The fourth-order valence-corrected chi connectivity index (χ4v) is 2.37. The van der Waals surface area contributed by atoms with Crippen molar-refractivity contribution < 1.29 is 15.6 Å². The molecule has 4 nitrogen and oxygen atoms in total. The smallest absolute Gasteiger partial charge is 0.135 e. The Balaban J connectivity index is 2.72. The van der Waals surface area contributed by atoms with E-state index in [9.17, 15) is 0 Å². The van der Waals surface area contributed by atoms with Gasteiger partial charge in [-0.15, -0.1) is 0 Å². The quantitative estimate of drug-likeness (QED) is 0.372. The van der Waals surface area contributed by atoms with Crippen molar-refractivity contribution in [2.24, 2.45) is 11.1 Å². The van der Waals surface area contributed by atoms with Crippen molar-refractivity contribution >= 4 is 5.71 Å². The molecule has 16 heavy (non-hydrogen) atoms. The van der Waals surface area contributed by atoms with Crippen molar-refractivity contribution in [2.45, 2.75) is 38.6 Å².